The number of aromatic nitrogens is 2. The Labute approximate surface area is 187 Å². The standard InChI is InChI=1S/C26H27FN4O/c27-21-11-9-19(10-12-21)17-24(32)31-16-13-23-22(18-31)26(30-14-5-2-6-15-30)29-25(28-23)20-7-3-1-4-8-20/h1,3-4,7-12H,2,5-6,13-18H2. The van der Waals surface area contributed by atoms with E-state index in [-0.39, 0.29) is 18.1 Å². The summed E-state index contributed by atoms with van der Waals surface area (Å²) in [5.74, 6) is 1.51. The number of rotatable bonds is 4. The highest BCUT2D eigenvalue weighted by molar-refractivity contribution is 5.79. The van der Waals surface area contributed by atoms with Gasteiger partial charge in [0.05, 0.1) is 18.7 Å². The first-order valence-electron chi connectivity index (χ1n) is 11.4. The van der Waals surface area contributed by atoms with E-state index in [4.69, 9.17) is 9.97 Å². The van der Waals surface area contributed by atoms with Crippen molar-refractivity contribution in [1.29, 1.82) is 0 Å². The molecule has 1 aromatic heterocycles. The predicted molar refractivity (Wildman–Crippen MR) is 123 cm³/mol. The summed E-state index contributed by atoms with van der Waals surface area (Å²) < 4.78 is 13.2. The monoisotopic (exact) mass is 430 g/mol. The van der Waals surface area contributed by atoms with Crippen LogP contribution >= 0.6 is 0 Å². The van der Waals surface area contributed by atoms with Crippen molar-refractivity contribution in [2.24, 2.45) is 0 Å². The molecule has 1 fully saturated rings. The predicted octanol–water partition coefficient (Wildman–Crippen LogP) is 4.40. The van der Waals surface area contributed by atoms with Gasteiger partial charge in [-0.15, -0.1) is 0 Å². The fraction of sp³-hybridized carbons (Fsp3) is 0.346. The van der Waals surface area contributed by atoms with Crippen LogP contribution < -0.4 is 4.90 Å². The molecule has 2 aromatic carbocycles. The van der Waals surface area contributed by atoms with Crippen molar-refractivity contribution in [3.05, 3.63) is 77.2 Å². The minimum atomic E-state index is -0.286. The Morgan fingerprint density at radius 1 is 0.906 bits per heavy atom. The number of carbonyl (C=O) groups is 1. The number of amides is 1. The molecular weight excluding hydrogens is 403 g/mol. The summed E-state index contributed by atoms with van der Waals surface area (Å²) in [5, 5.41) is 0. The maximum Gasteiger partial charge on any atom is 0.227 e. The van der Waals surface area contributed by atoms with Gasteiger partial charge in [-0.25, -0.2) is 14.4 Å². The molecule has 2 aliphatic rings. The molecule has 0 unspecified atom stereocenters. The summed E-state index contributed by atoms with van der Waals surface area (Å²) in [6.45, 7) is 3.14. The van der Waals surface area contributed by atoms with E-state index in [2.05, 4.69) is 4.90 Å². The van der Waals surface area contributed by atoms with Crippen molar-refractivity contribution < 1.29 is 9.18 Å². The molecule has 164 valence electrons. The molecule has 6 heteroatoms. The van der Waals surface area contributed by atoms with Gasteiger partial charge in [-0.05, 0) is 37.0 Å². The molecule has 5 rings (SSSR count). The molecule has 0 bridgehead atoms. The molecule has 1 saturated heterocycles. The van der Waals surface area contributed by atoms with Crippen LogP contribution in [-0.4, -0.2) is 40.4 Å². The molecule has 0 atom stereocenters. The Bertz CT molecular complexity index is 1090. The topological polar surface area (TPSA) is 49.3 Å². The normalized spacial score (nSPS) is 16.0. The van der Waals surface area contributed by atoms with Gasteiger partial charge in [-0.3, -0.25) is 4.79 Å². The second-order valence-corrected chi connectivity index (χ2v) is 8.58. The van der Waals surface area contributed by atoms with E-state index in [1.807, 2.05) is 35.2 Å². The van der Waals surface area contributed by atoms with E-state index in [9.17, 15) is 9.18 Å². The minimum Gasteiger partial charge on any atom is -0.356 e. The summed E-state index contributed by atoms with van der Waals surface area (Å²) in [7, 11) is 0. The molecule has 0 saturated carbocycles. The summed E-state index contributed by atoms with van der Waals surface area (Å²) >= 11 is 0. The summed E-state index contributed by atoms with van der Waals surface area (Å²) in [6, 6.07) is 16.3. The Morgan fingerprint density at radius 3 is 2.41 bits per heavy atom. The zero-order valence-corrected chi connectivity index (χ0v) is 18.1. The highest BCUT2D eigenvalue weighted by atomic mass is 19.1. The van der Waals surface area contributed by atoms with E-state index in [0.717, 1.165) is 60.0 Å². The average Bonchev–Trinajstić information content (AvgIpc) is 2.85. The minimum absolute atomic E-state index is 0.0546. The SMILES string of the molecule is O=C(Cc1ccc(F)cc1)N1CCc2nc(-c3ccccc3)nc(N3CCCCC3)c2C1. The number of carbonyl (C=O) groups excluding carboxylic acids is 1. The lowest BCUT2D eigenvalue weighted by molar-refractivity contribution is -0.131. The average molecular weight is 431 g/mol. The fourth-order valence-corrected chi connectivity index (χ4v) is 4.58. The quantitative estimate of drug-likeness (QED) is 0.616. The third kappa shape index (κ3) is 4.35. The van der Waals surface area contributed by atoms with Crippen LogP contribution in [0.5, 0.6) is 0 Å². The van der Waals surface area contributed by atoms with Crippen LogP contribution in [0, 0.1) is 5.82 Å². The van der Waals surface area contributed by atoms with Crippen LogP contribution in [0.2, 0.25) is 0 Å². The van der Waals surface area contributed by atoms with Crippen molar-refractivity contribution in [1.82, 2.24) is 14.9 Å². The number of benzene rings is 2. The number of hydrogen-bond donors (Lipinski definition) is 0. The molecule has 0 aliphatic carbocycles. The Hall–Kier alpha value is -3.28. The lowest BCUT2D eigenvalue weighted by atomic mass is 10.0. The van der Waals surface area contributed by atoms with Gasteiger partial charge >= 0.3 is 0 Å². The smallest absolute Gasteiger partial charge is 0.227 e. The molecule has 32 heavy (non-hydrogen) atoms. The van der Waals surface area contributed by atoms with E-state index >= 15 is 0 Å². The lowest BCUT2D eigenvalue weighted by Gasteiger charge is -2.34. The third-order valence-corrected chi connectivity index (χ3v) is 6.35. The molecule has 5 nitrogen and oxygen atoms in total. The first-order valence-corrected chi connectivity index (χ1v) is 11.4. The first kappa shape index (κ1) is 20.6. The molecule has 0 spiro atoms. The van der Waals surface area contributed by atoms with Crippen LogP contribution in [0.25, 0.3) is 11.4 Å². The van der Waals surface area contributed by atoms with Crippen LogP contribution in [-0.2, 0) is 24.2 Å². The van der Waals surface area contributed by atoms with Crippen LogP contribution in [0.4, 0.5) is 10.2 Å². The van der Waals surface area contributed by atoms with Crippen molar-refractivity contribution in [3.8, 4) is 11.4 Å². The molecule has 1 amide bonds. The van der Waals surface area contributed by atoms with E-state index < -0.39 is 0 Å². The first-order chi connectivity index (χ1) is 15.7. The Kier molecular flexibility index (Phi) is 5.84. The van der Waals surface area contributed by atoms with Gasteiger partial charge in [-0.1, -0.05) is 42.5 Å². The zero-order valence-electron chi connectivity index (χ0n) is 18.1. The van der Waals surface area contributed by atoms with Gasteiger partial charge in [0, 0.05) is 37.2 Å². The molecule has 0 radical (unpaired) electrons. The number of anilines is 1. The molecule has 0 N–H and O–H groups in total. The Morgan fingerprint density at radius 2 is 1.66 bits per heavy atom. The van der Waals surface area contributed by atoms with E-state index in [0.29, 0.717) is 19.5 Å². The molecule has 2 aliphatic heterocycles. The summed E-state index contributed by atoms with van der Waals surface area (Å²) in [5.41, 5.74) is 3.97. The van der Waals surface area contributed by atoms with Crippen LogP contribution in [0.3, 0.4) is 0 Å². The number of hydrogen-bond acceptors (Lipinski definition) is 4. The third-order valence-electron chi connectivity index (χ3n) is 6.35. The van der Waals surface area contributed by atoms with Gasteiger partial charge in [0.15, 0.2) is 5.82 Å². The second-order valence-electron chi connectivity index (χ2n) is 8.58. The van der Waals surface area contributed by atoms with E-state index in [1.54, 1.807) is 12.1 Å². The maximum absolute atomic E-state index is 13.2. The van der Waals surface area contributed by atoms with Crippen molar-refractivity contribution in [3.63, 3.8) is 0 Å². The highest BCUT2D eigenvalue weighted by Gasteiger charge is 2.28. The summed E-state index contributed by atoms with van der Waals surface area (Å²) in [6.07, 6.45) is 4.56. The highest BCUT2D eigenvalue weighted by Crippen LogP contribution is 2.31. The maximum atomic E-state index is 13.2. The fourth-order valence-electron chi connectivity index (χ4n) is 4.58. The summed E-state index contributed by atoms with van der Waals surface area (Å²) in [4.78, 5) is 27.2. The number of halogens is 1. The van der Waals surface area contributed by atoms with Crippen molar-refractivity contribution in [2.45, 2.75) is 38.6 Å². The lowest BCUT2D eigenvalue weighted by Crippen LogP contribution is -2.39. The van der Waals surface area contributed by atoms with Gasteiger partial charge in [0.2, 0.25) is 5.91 Å². The molecule has 3 heterocycles. The number of piperidine rings is 1. The molecular formula is C26H27FN4O. The van der Waals surface area contributed by atoms with Gasteiger partial charge in [0.1, 0.15) is 11.6 Å². The van der Waals surface area contributed by atoms with Crippen LogP contribution in [0.1, 0.15) is 36.1 Å². The number of fused-ring (bicyclic) bond motifs is 1. The van der Waals surface area contributed by atoms with Gasteiger partial charge in [0.25, 0.3) is 0 Å². The number of nitrogens with zero attached hydrogens (tertiary/aromatic N) is 4. The second kappa shape index (κ2) is 9.07. The van der Waals surface area contributed by atoms with Crippen molar-refractivity contribution >= 4 is 11.7 Å². The zero-order chi connectivity index (χ0) is 21.9. The van der Waals surface area contributed by atoms with Gasteiger partial charge < -0.3 is 9.80 Å². The molecule has 3 aromatic rings. The Balaban J connectivity index is 1.44. The largest absolute Gasteiger partial charge is 0.356 e. The van der Waals surface area contributed by atoms with Crippen molar-refractivity contribution in [2.75, 3.05) is 24.5 Å². The van der Waals surface area contributed by atoms with Gasteiger partial charge in [-0.2, -0.15) is 0 Å². The van der Waals surface area contributed by atoms with E-state index in [1.165, 1.54) is 18.6 Å². The van der Waals surface area contributed by atoms with Crippen LogP contribution in [0.15, 0.2) is 54.6 Å².